The topological polar surface area (TPSA) is 74.6 Å². The fraction of sp³-hybridized carbons (Fsp3) is 0.643. The first-order valence-corrected chi connectivity index (χ1v) is 12.4. The largest absolute Gasteiger partial charge is 0.481 e. The van der Waals surface area contributed by atoms with E-state index < -0.39 is 28.3 Å². The minimum absolute atomic E-state index is 0.0341. The van der Waals surface area contributed by atoms with Gasteiger partial charge in [0.15, 0.2) is 0 Å². The van der Waals surface area contributed by atoms with Crippen molar-refractivity contribution in [2.75, 3.05) is 0 Å². The molecule has 4 heteroatoms. The molecule has 172 valence electrons. The predicted molar refractivity (Wildman–Crippen MR) is 123 cm³/mol. The van der Waals surface area contributed by atoms with Crippen LogP contribution in [0.4, 0.5) is 0 Å². The van der Waals surface area contributed by atoms with Gasteiger partial charge in [0.25, 0.3) is 0 Å². The maximum atomic E-state index is 13.4. The summed E-state index contributed by atoms with van der Waals surface area (Å²) in [5, 5.41) is 22.9. The zero-order valence-electron chi connectivity index (χ0n) is 19.5. The van der Waals surface area contributed by atoms with Crippen LogP contribution in [0.1, 0.15) is 58.4 Å². The molecule has 1 aromatic carbocycles. The van der Waals surface area contributed by atoms with E-state index in [0.29, 0.717) is 37.5 Å². The van der Waals surface area contributed by atoms with Gasteiger partial charge in [0.2, 0.25) is 0 Å². The second kappa shape index (κ2) is 7.28. The van der Waals surface area contributed by atoms with Gasteiger partial charge in [0.1, 0.15) is 11.7 Å². The Kier molecular flexibility index (Phi) is 4.98. The van der Waals surface area contributed by atoms with Crippen LogP contribution in [-0.2, 0) is 16.0 Å². The number of rotatable bonds is 7. The molecule has 0 aliphatic heterocycles. The van der Waals surface area contributed by atoms with Crippen molar-refractivity contribution in [1.29, 1.82) is 0 Å². The third-order valence-electron chi connectivity index (χ3n) is 10.1. The van der Waals surface area contributed by atoms with Crippen LogP contribution < -0.4 is 0 Å². The molecule has 4 aliphatic rings. The van der Waals surface area contributed by atoms with E-state index in [4.69, 9.17) is 0 Å². The van der Waals surface area contributed by atoms with Crippen LogP contribution in [0.15, 0.2) is 42.0 Å². The number of carboxylic acid groups (broad SMARTS) is 1. The van der Waals surface area contributed by atoms with Crippen LogP contribution in [0.3, 0.4) is 0 Å². The lowest BCUT2D eigenvalue weighted by Gasteiger charge is -2.59. The smallest absolute Gasteiger partial charge is 0.315 e. The highest BCUT2D eigenvalue weighted by Gasteiger charge is 2.85. The lowest BCUT2D eigenvalue weighted by molar-refractivity contribution is -0.194. The molecule has 5 rings (SSSR count). The average molecular weight is 437 g/mol. The van der Waals surface area contributed by atoms with Crippen LogP contribution in [-0.4, -0.2) is 28.6 Å². The Labute approximate surface area is 191 Å². The van der Waals surface area contributed by atoms with E-state index in [1.165, 1.54) is 0 Å². The van der Waals surface area contributed by atoms with Gasteiger partial charge in [0.05, 0.1) is 11.5 Å². The quantitative estimate of drug-likeness (QED) is 0.471. The van der Waals surface area contributed by atoms with Gasteiger partial charge in [-0.3, -0.25) is 4.79 Å². The number of fused-ring (bicyclic) bond motifs is 2. The number of aldehydes is 1. The average Bonchev–Trinajstić information content (AvgIpc) is 3.36. The van der Waals surface area contributed by atoms with Gasteiger partial charge in [-0.2, -0.15) is 0 Å². The van der Waals surface area contributed by atoms with E-state index in [0.717, 1.165) is 30.3 Å². The zero-order chi connectivity index (χ0) is 22.9. The fourth-order valence-electron chi connectivity index (χ4n) is 9.08. The SMILES string of the molecule is CC(C)C1=CC2CC3(C=O)[C@@H]4CC[C@@H](C)[C@H]4CC2(C(O)CCc2ccccc2)[C@]13C(=O)O. The number of allylic oxidation sites excluding steroid dienone is 1. The lowest BCUT2D eigenvalue weighted by Crippen LogP contribution is -2.65. The van der Waals surface area contributed by atoms with Gasteiger partial charge in [-0.05, 0) is 67.3 Å². The number of carbonyl (C=O) groups is 2. The third kappa shape index (κ3) is 2.37. The first-order valence-electron chi connectivity index (χ1n) is 12.4. The van der Waals surface area contributed by atoms with Crippen molar-refractivity contribution in [3.8, 4) is 0 Å². The van der Waals surface area contributed by atoms with Crippen molar-refractivity contribution in [3.05, 3.63) is 47.5 Å². The first-order chi connectivity index (χ1) is 15.3. The molecule has 0 heterocycles. The number of hydrogen-bond acceptors (Lipinski definition) is 3. The Morgan fingerprint density at radius 3 is 2.53 bits per heavy atom. The number of aliphatic hydroxyl groups excluding tert-OH is 1. The highest BCUT2D eigenvalue weighted by molar-refractivity contribution is 5.90. The van der Waals surface area contributed by atoms with Crippen molar-refractivity contribution < 1.29 is 19.8 Å². The molecule has 3 fully saturated rings. The van der Waals surface area contributed by atoms with E-state index in [1.807, 2.05) is 32.0 Å². The normalized spacial score (nSPS) is 42.6. The monoisotopic (exact) mass is 436 g/mol. The lowest BCUT2D eigenvalue weighted by atomic mass is 9.41. The molecule has 4 bridgehead atoms. The highest BCUT2D eigenvalue weighted by Crippen LogP contribution is 2.83. The number of aryl methyl sites for hydroxylation is 1. The molecular formula is C28H36O4. The van der Waals surface area contributed by atoms with Crippen molar-refractivity contribution in [3.63, 3.8) is 0 Å². The van der Waals surface area contributed by atoms with Crippen LogP contribution in [0.5, 0.6) is 0 Å². The first kappa shape index (κ1) is 21.9. The summed E-state index contributed by atoms with van der Waals surface area (Å²) in [6.45, 7) is 6.35. The van der Waals surface area contributed by atoms with E-state index in [9.17, 15) is 19.8 Å². The Hall–Kier alpha value is -1.94. The Morgan fingerprint density at radius 2 is 1.91 bits per heavy atom. The Balaban J connectivity index is 1.66. The summed E-state index contributed by atoms with van der Waals surface area (Å²) in [4.78, 5) is 26.4. The second-order valence-electron chi connectivity index (χ2n) is 11.4. The van der Waals surface area contributed by atoms with Crippen LogP contribution in [0.2, 0.25) is 0 Å². The fourth-order valence-corrected chi connectivity index (χ4v) is 9.08. The van der Waals surface area contributed by atoms with E-state index in [1.54, 1.807) is 0 Å². The standard InChI is InChI=1S/C28H36O4/c1-17(2)23-13-20-14-26(16-29)22-11-9-18(3)21(22)15-27(20,28(23,26)25(31)32)24(30)12-10-19-7-5-4-6-8-19/h4-8,13,16-18,20-22,24,30H,9-12,14-15H2,1-3H3,(H,31,32)/t18-,20?,21-,22-,24?,26?,27?,28+/m1/s1. The molecule has 0 aromatic heterocycles. The number of carboxylic acids is 1. The minimum atomic E-state index is -1.29. The van der Waals surface area contributed by atoms with Crippen molar-refractivity contribution in [1.82, 2.24) is 0 Å². The summed E-state index contributed by atoms with van der Waals surface area (Å²) in [6.07, 6.45) is 6.93. The third-order valence-corrected chi connectivity index (χ3v) is 10.1. The Morgan fingerprint density at radius 1 is 1.19 bits per heavy atom. The van der Waals surface area contributed by atoms with Crippen molar-refractivity contribution in [2.45, 2.75) is 65.4 Å². The van der Waals surface area contributed by atoms with Gasteiger partial charge < -0.3 is 15.0 Å². The van der Waals surface area contributed by atoms with Gasteiger partial charge in [0, 0.05) is 5.41 Å². The molecule has 0 amide bonds. The number of carbonyl (C=O) groups excluding carboxylic acids is 1. The molecule has 2 N–H and O–H groups in total. The number of aliphatic carboxylic acids is 1. The maximum Gasteiger partial charge on any atom is 0.315 e. The predicted octanol–water partition coefficient (Wildman–Crippen LogP) is 4.90. The van der Waals surface area contributed by atoms with E-state index in [-0.39, 0.29) is 17.8 Å². The molecule has 8 atom stereocenters. The van der Waals surface area contributed by atoms with Crippen LogP contribution in [0.25, 0.3) is 0 Å². The summed E-state index contributed by atoms with van der Waals surface area (Å²) in [7, 11) is 0. The van der Waals surface area contributed by atoms with Gasteiger partial charge in [-0.25, -0.2) is 0 Å². The van der Waals surface area contributed by atoms with Gasteiger partial charge in [-0.15, -0.1) is 0 Å². The molecule has 1 aromatic rings. The van der Waals surface area contributed by atoms with E-state index >= 15 is 0 Å². The highest BCUT2D eigenvalue weighted by atomic mass is 16.4. The van der Waals surface area contributed by atoms with Crippen molar-refractivity contribution in [2.24, 2.45) is 45.8 Å². The van der Waals surface area contributed by atoms with Gasteiger partial charge in [-0.1, -0.05) is 69.2 Å². The number of aliphatic hydroxyl groups is 1. The Bertz CT molecular complexity index is 951. The summed E-state index contributed by atoms with van der Waals surface area (Å²) in [5.74, 6) is -0.0268. The number of benzene rings is 1. The van der Waals surface area contributed by atoms with Gasteiger partial charge >= 0.3 is 5.97 Å². The minimum Gasteiger partial charge on any atom is -0.481 e. The molecule has 32 heavy (non-hydrogen) atoms. The number of hydrogen-bond donors (Lipinski definition) is 2. The molecule has 4 nitrogen and oxygen atoms in total. The molecule has 0 spiro atoms. The second-order valence-corrected chi connectivity index (χ2v) is 11.4. The maximum absolute atomic E-state index is 13.4. The van der Waals surface area contributed by atoms with Crippen molar-refractivity contribution >= 4 is 12.3 Å². The summed E-state index contributed by atoms with van der Waals surface area (Å²) in [5.41, 5.74) is -0.945. The molecule has 0 radical (unpaired) electrons. The summed E-state index contributed by atoms with van der Waals surface area (Å²) < 4.78 is 0. The molecule has 4 aliphatic carbocycles. The molecular weight excluding hydrogens is 400 g/mol. The van der Waals surface area contributed by atoms with Crippen LogP contribution in [0, 0.1) is 45.8 Å². The zero-order valence-corrected chi connectivity index (χ0v) is 19.5. The molecule has 3 saturated carbocycles. The van der Waals surface area contributed by atoms with Crippen LogP contribution >= 0.6 is 0 Å². The van der Waals surface area contributed by atoms with E-state index in [2.05, 4.69) is 25.1 Å². The summed E-state index contributed by atoms with van der Waals surface area (Å²) in [6, 6.07) is 10.1. The molecule has 4 unspecified atom stereocenters. The molecule has 0 saturated heterocycles. The summed E-state index contributed by atoms with van der Waals surface area (Å²) >= 11 is 0.